The lowest BCUT2D eigenvalue weighted by Crippen LogP contribution is -2.14. The fraction of sp³-hybridized carbons (Fsp3) is 0.375. The Morgan fingerprint density at radius 3 is 2.77 bits per heavy atom. The molecule has 6 nitrogen and oxygen atoms in total. The smallest absolute Gasteiger partial charge is 0.339 e. The van der Waals surface area contributed by atoms with Crippen molar-refractivity contribution in [1.29, 1.82) is 0 Å². The van der Waals surface area contributed by atoms with Gasteiger partial charge in [0.05, 0.1) is 17.7 Å². The van der Waals surface area contributed by atoms with E-state index in [4.69, 9.17) is 21.3 Å². The minimum atomic E-state index is -0.347. The minimum absolute atomic E-state index is 0.347. The first-order valence-electron chi connectivity index (χ1n) is 10.9. The Labute approximate surface area is 187 Å². The fourth-order valence-electron chi connectivity index (χ4n) is 3.95. The molecular formula is C24H27ClN4O2. The number of hydrogen-bond acceptors (Lipinski definition) is 6. The summed E-state index contributed by atoms with van der Waals surface area (Å²) in [6, 6.07) is 9.47. The number of ether oxygens (including phenoxy) is 1. The number of carbonyl (C=O) groups is 1. The number of anilines is 2. The van der Waals surface area contributed by atoms with Crippen LogP contribution in [0, 0.1) is 0 Å². The lowest BCUT2D eigenvalue weighted by molar-refractivity contribution is 0.0526. The summed E-state index contributed by atoms with van der Waals surface area (Å²) in [7, 11) is 0. The molecule has 0 saturated carbocycles. The molecule has 0 unspecified atom stereocenters. The summed E-state index contributed by atoms with van der Waals surface area (Å²) < 4.78 is 4.98. The monoisotopic (exact) mass is 438 g/mol. The van der Waals surface area contributed by atoms with Crippen LogP contribution in [-0.2, 0) is 17.6 Å². The highest BCUT2D eigenvalue weighted by molar-refractivity contribution is 6.31. The molecule has 2 N–H and O–H groups in total. The molecule has 1 aromatic carbocycles. The van der Waals surface area contributed by atoms with Crippen molar-refractivity contribution >= 4 is 40.0 Å². The van der Waals surface area contributed by atoms with E-state index in [9.17, 15) is 4.79 Å². The van der Waals surface area contributed by atoms with Crippen molar-refractivity contribution in [2.75, 3.05) is 30.3 Å². The zero-order chi connectivity index (χ0) is 21.6. The van der Waals surface area contributed by atoms with Crippen LogP contribution in [0.1, 0.15) is 47.8 Å². The topological polar surface area (TPSA) is 76.1 Å². The molecule has 0 saturated heterocycles. The number of halogens is 1. The summed E-state index contributed by atoms with van der Waals surface area (Å²) >= 11 is 6.20. The SMILES string of the molecule is CCOC(=O)c1ccc(NCCCNc2c3c(nc4cc(Cl)ccc24)CCCC3)nc1. The number of nitrogens with zero attached hydrogens (tertiary/aromatic N) is 2. The Morgan fingerprint density at radius 1 is 1.13 bits per heavy atom. The van der Waals surface area contributed by atoms with E-state index in [0.717, 1.165) is 49.1 Å². The van der Waals surface area contributed by atoms with E-state index in [1.54, 1.807) is 25.3 Å². The van der Waals surface area contributed by atoms with Crippen LogP contribution in [0.5, 0.6) is 0 Å². The van der Waals surface area contributed by atoms with E-state index >= 15 is 0 Å². The quantitative estimate of drug-likeness (QED) is 0.369. The van der Waals surface area contributed by atoms with Gasteiger partial charge < -0.3 is 15.4 Å². The Bertz CT molecular complexity index is 1070. The van der Waals surface area contributed by atoms with Crippen molar-refractivity contribution in [3.8, 4) is 0 Å². The van der Waals surface area contributed by atoms with Gasteiger partial charge in [0.15, 0.2) is 0 Å². The first-order chi connectivity index (χ1) is 15.2. The summed E-state index contributed by atoms with van der Waals surface area (Å²) in [6.45, 7) is 3.75. The van der Waals surface area contributed by atoms with Crippen molar-refractivity contribution in [3.05, 3.63) is 58.4 Å². The average molecular weight is 439 g/mol. The summed E-state index contributed by atoms with van der Waals surface area (Å²) in [5, 5.41) is 8.81. The van der Waals surface area contributed by atoms with E-state index in [2.05, 4.69) is 21.7 Å². The van der Waals surface area contributed by atoms with E-state index < -0.39 is 0 Å². The molecule has 1 aliphatic rings. The van der Waals surface area contributed by atoms with Crippen LogP contribution < -0.4 is 10.6 Å². The molecule has 7 heteroatoms. The molecule has 0 spiro atoms. The number of nitrogens with one attached hydrogen (secondary N) is 2. The summed E-state index contributed by atoms with van der Waals surface area (Å²) in [5.41, 5.74) is 5.18. The van der Waals surface area contributed by atoms with Gasteiger partial charge in [0.2, 0.25) is 0 Å². The maximum Gasteiger partial charge on any atom is 0.339 e. The second kappa shape index (κ2) is 9.96. The van der Waals surface area contributed by atoms with Crippen LogP contribution in [0.15, 0.2) is 36.5 Å². The highest BCUT2D eigenvalue weighted by Gasteiger charge is 2.18. The first kappa shape index (κ1) is 21.4. The largest absolute Gasteiger partial charge is 0.462 e. The lowest BCUT2D eigenvalue weighted by atomic mass is 9.92. The number of pyridine rings is 2. The van der Waals surface area contributed by atoms with Gasteiger partial charge in [0, 0.05) is 41.1 Å². The number of carbonyl (C=O) groups excluding carboxylic acids is 1. The summed E-state index contributed by atoms with van der Waals surface area (Å²) in [4.78, 5) is 20.9. The molecule has 2 aromatic heterocycles. The van der Waals surface area contributed by atoms with E-state index in [0.29, 0.717) is 17.2 Å². The van der Waals surface area contributed by atoms with Crippen LogP contribution in [0.25, 0.3) is 10.9 Å². The van der Waals surface area contributed by atoms with Gasteiger partial charge in [-0.05, 0) is 74.9 Å². The third-order valence-corrected chi connectivity index (χ3v) is 5.70. The van der Waals surface area contributed by atoms with Gasteiger partial charge in [0.1, 0.15) is 5.82 Å². The summed E-state index contributed by atoms with van der Waals surface area (Å²) in [5.74, 6) is 0.398. The normalized spacial score (nSPS) is 13.0. The summed E-state index contributed by atoms with van der Waals surface area (Å²) in [6.07, 6.45) is 6.96. The third kappa shape index (κ3) is 5.07. The van der Waals surface area contributed by atoms with Crippen LogP contribution in [0.4, 0.5) is 11.5 Å². The molecule has 0 amide bonds. The highest BCUT2D eigenvalue weighted by atomic mass is 35.5. The molecule has 2 heterocycles. The van der Waals surface area contributed by atoms with Crippen molar-refractivity contribution in [2.24, 2.45) is 0 Å². The number of hydrogen-bond donors (Lipinski definition) is 2. The minimum Gasteiger partial charge on any atom is -0.462 e. The lowest BCUT2D eigenvalue weighted by Gasteiger charge is -2.22. The van der Waals surface area contributed by atoms with Gasteiger partial charge in [-0.1, -0.05) is 11.6 Å². The zero-order valence-electron chi connectivity index (χ0n) is 17.7. The van der Waals surface area contributed by atoms with Crippen molar-refractivity contribution in [1.82, 2.24) is 9.97 Å². The predicted molar refractivity (Wildman–Crippen MR) is 125 cm³/mol. The molecule has 1 aliphatic carbocycles. The van der Waals surface area contributed by atoms with Gasteiger partial charge in [-0.25, -0.2) is 9.78 Å². The number of fused-ring (bicyclic) bond motifs is 2. The van der Waals surface area contributed by atoms with Crippen LogP contribution >= 0.6 is 11.6 Å². The molecule has 3 aromatic rings. The third-order valence-electron chi connectivity index (χ3n) is 5.46. The van der Waals surface area contributed by atoms with Crippen LogP contribution in [-0.4, -0.2) is 35.6 Å². The second-order valence-corrected chi connectivity index (χ2v) is 8.08. The average Bonchev–Trinajstić information content (AvgIpc) is 2.78. The molecule has 162 valence electrons. The van der Waals surface area contributed by atoms with Crippen molar-refractivity contribution in [2.45, 2.75) is 39.0 Å². The van der Waals surface area contributed by atoms with E-state index in [1.807, 2.05) is 12.1 Å². The van der Waals surface area contributed by atoms with Crippen molar-refractivity contribution < 1.29 is 9.53 Å². The second-order valence-electron chi connectivity index (χ2n) is 7.64. The number of esters is 1. The predicted octanol–water partition coefficient (Wildman–Crippen LogP) is 5.25. The van der Waals surface area contributed by atoms with Gasteiger partial charge in [-0.2, -0.15) is 0 Å². The fourth-order valence-corrected chi connectivity index (χ4v) is 4.12. The Hall–Kier alpha value is -2.86. The Morgan fingerprint density at radius 2 is 1.97 bits per heavy atom. The van der Waals surface area contributed by atoms with E-state index in [-0.39, 0.29) is 5.97 Å². The highest BCUT2D eigenvalue weighted by Crippen LogP contribution is 2.34. The van der Waals surface area contributed by atoms with E-state index in [1.165, 1.54) is 29.8 Å². The number of benzene rings is 1. The number of aryl methyl sites for hydroxylation is 1. The molecule has 0 bridgehead atoms. The molecule has 0 atom stereocenters. The number of aromatic nitrogens is 2. The standard InChI is InChI=1S/C24H27ClN4O2/c1-2-31-24(30)16-8-11-22(28-15-16)26-12-5-13-27-23-18-6-3-4-7-20(18)29-21-14-17(25)9-10-19(21)23/h8-11,14-15H,2-7,12-13H2,1H3,(H,26,28)(H,27,29). The van der Waals surface area contributed by atoms with Gasteiger partial charge >= 0.3 is 5.97 Å². The molecule has 0 aliphatic heterocycles. The Balaban J connectivity index is 1.36. The van der Waals surface area contributed by atoms with Crippen LogP contribution in [0.3, 0.4) is 0 Å². The molecule has 0 radical (unpaired) electrons. The molecular weight excluding hydrogens is 412 g/mol. The maximum absolute atomic E-state index is 11.7. The van der Waals surface area contributed by atoms with Gasteiger partial charge in [-0.3, -0.25) is 4.98 Å². The Kier molecular flexibility index (Phi) is 6.87. The first-order valence-corrected chi connectivity index (χ1v) is 11.3. The van der Waals surface area contributed by atoms with Gasteiger partial charge in [0.25, 0.3) is 0 Å². The maximum atomic E-state index is 11.7. The molecule has 4 rings (SSSR count). The molecule has 31 heavy (non-hydrogen) atoms. The van der Waals surface area contributed by atoms with Crippen LogP contribution in [0.2, 0.25) is 5.02 Å². The van der Waals surface area contributed by atoms with Gasteiger partial charge in [-0.15, -0.1) is 0 Å². The molecule has 0 fully saturated rings. The number of rotatable bonds is 8. The van der Waals surface area contributed by atoms with Crippen molar-refractivity contribution in [3.63, 3.8) is 0 Å². The zero-order valence-corrected chi connectivity index (χ0v) is 18.5.